The summed E-state index contributed by atoms with van der Waals surface area (Å²) in [6.07, 6.45) is -0.473. The molecule has 5 rings (SSSR count). The lowest BCUT2D eigenvalue weighted by Crippen LogP contribution is -2.40. The van der Waals surface area contributed by atoms with Crippen molar-refractivity contribution < 1.29 is 32.2 Å². The minimum atomic E-state index is -4.57. The van der Waals surface area contributed by atoms with Gasteiger partial charge in [-0.05, 0) is 101 Å². The zero-order chi connectivity index (χ0) is 29.1. The number of nitrogens with zero attached hydrogens (tertiary/aromatic N) is 1. The highest BCUT2D eigenvalue weighted by molar-refractivity contribution is 6.01. The first-order valence-corrected chi connectivity index (χ1v) is 13.6. The Morgan fingerprint density at radius 3 is 2.41 bits per heavy atom. The van der Waals surface area contributed by atoms with Crippen molar-refractivity contribution in [2.75, 3.05) is 33.4 Å². The zero-order valence-electron chi connectivity index (χ0n) is 22.7. The van der Waals surface area contributed by atoms with Crippen LogP contribution in [0, 0.1) is 0 Å². The van der Waals surface area contributed by atoms with Gasteiger partial charge in [0.1, 0.15) is 5.75 Å². The molecule has 0 saturated carbocycles. The second-order valence-electron chi connectivity index (χ2n) is 10.5. The molecule has 1 aliphatic carbocycles. The second-order valence-corrected chi connectivity index (χ2v) is 10.5. The van der Waals surface area contributed by atoms with E-state index in [4.69, 9.17) is 4.74 Å². The SMILES string of the molecule is COc1ccc(C(F)(F)F)c(C2=C(c3ccc(C=C4CN(CCCF)C4)cc3)c3ccc(C(=O)O)cc3CCC2)c1. The molecule has 0 radical (unpaired) electrons. The minimum absolute atomic E-state index is 0.0658. The van der Waals surface area contributed by atoms with Gasteiger partial charge in [0.25, 0.3) is 0 Å². The number of fused-ring (bicyclic) bond motifs is 1. The highest BCUT2D eigenvalue weighted by Gasteiger charge is 2.35. The number of allylic oxidation sites excluding steroid dienone is 1. The molecule has 3 aromatic carbocycles. The van der Waals surface area contributed by atoms with E-state index in [9.17, 15) is 27.5 Å². The number of aromatic carboxylic acids is 1. The van der Waals surface area contributed by atoms with Gasteiger partial charge in [0.05, 0.1) is 24.9 Å². The third-order valence-corrected chi connectivity index (χ3v) is 7.68. The van der Waals surface area contributed by atoms with Gasteiger partial charge < -0.3 is 9.84 Å². The quantitative estimate of drug-likeness (QED) is 0.284. The van der Waals surface area contributed by atoms with Crippen molar-refractivity contribution >= 4 is 23.2 Å². The minimum Gasteiger partial charge on any atom is -0.497 e. The van der Waals surface area contributed by atoms with Crippen molar-refractivity contribution in [3.8, 4) is 5.75 Å². The lowest BCUT2D eigenvalue weighted by atomic mass is 9.85. The smallest absolute Gasteiger partial charge is 0.417 e. The number of ether oxygens (including phenoxy) is 1. The molecule has 1 saturated heterocycles. The molecule has 3 aromatic rings. The molecule has 1 N–H and O–H groups in total. The molecule has 0 spiro atoms. The number of hydrogen-bond donors (Lipinski definition) is 1. The summed E-state index contributed by atoms with van der Waals surface area (Å²) in [5, 5.41) is 9.56. The van der Waals surface area contributed by atoms with Gasteiger partial charge in [0, 0.05) is 19.6 Å². The maximum Gasteiger partial charge on any atom is 0.417 e. The maximum absolute atomic E-state index is 14.3. The van der Waals surface area contributed by atoms with Gasteiger partial charge in [0.15, 0.2) is 0 Å². The van der Waals surface area contributed by atoms with E-state index in [2.05, 4.69) is 11.0 Å². The van der Waals surface area contributed by atoms with E-state index in [0.717, 1.165) is 48.0 Å². The molecule has 41 heavy (non-hydrogen) atoms. The van der Waals surface area contributed by atoms with E-state index in [0.29, 0.717) is 42.6 Å². The van der Waals surface area contributed by atoms with Gasteiger partial charge in [-0.15, -0.1) is 0 Å². The fourth-order valence-corrected chi connectivity index (χ4v) is 5.71. The van der Waals surface area contributed by atoms with Crippen molar-refractivity contribution in [3.63, 3.8) is 0 Å². The van der Waals surface area contributed by atoms with Crippen LogP contribution in [0.3, 0.4) is 0 Å². The summed E-state index contributed by atoms with van der Waals surface area (Å²) < 4.78 is 60.5. The van der Waals surface area contributed by atoms with Crippen molar-refractivity contribution in [3.05, 3.63) is 105 Å². The van der Waals surface area contributed by atoms with Crippen molar-refractivity contribution in [2.24, 2.45) is 0 Å². The largest absolute Gasteiger partial charge is 0.497 e. The number of benzene rings is 3. The molecular weight excluding hydrogens is 534 g/mol. The summed E-state index contributed by atoms with van der Waals surface area (Å²) in [5.74, 6) is -0.722. The summed E-state index contributed by atoms with van der Waals surface area (Å²) in [7, 11) is 1.42. The molecule has 4 nitrogen and oxygen atoms in total. The highest BCUT2D eigenvalue weighted by Crippen LogP contribution is 2.45. The van der Waals surface area contributed by atoms with E-state index in [1.165, 1.54) is 30.9 Å². The molecule has 8 heteroatoms. The number of rotatable bonds is 8. The van der Waals surface area contributed by atoms with E-state index in [1.807, 2.05) is 24.3 Å². The lowest BCUT2D eigenvalue weighted by molar-refractivity contribution is -0.137. The summed E-state index contributed by atoms with van der Waals surface area (Å²) >= 11 is 0. The van der Waals surface area contributed by atoms with Crippen molar-refractivity contribution in [2.45, 2.75) is 31.9 Å². The first-order valence-electron chi connectivity index (χ1n) is 13.6. The number of hydrogen-bond acceptors (Lipinski definition) is 3. The van der Waals surface area contributed by atoms with Gasteiger partial charge >= 0.3 is 12.1 Å². The fourth-order valence-electron chi connectivity index (χ4n) is 5.71. The van der Waals surface area contributed by atoms with Crippen LogP contribution >= 0.6 is 0 Å². The Bertz CT molecular complexity index is 1500. The zero-order valence-corrected chi connectivity index (χ0v) is 22.7. The molecule has 0 unspecified atom stereocenters. The Morgan fingerprint density at radius 1 is 1.00 bits per heavy atom. The van der Waals surface area contributed by atoms with Gasteiger partial charge in [-0.3, -0.25) is 9.29 Å². The van der Waals surface area contributed by atoms with Gasteiger partial charge in [-0.25, -0.2) is 4.79 Å². The standard InChI is InChI=1S/C33H31F4NO3/c1-41-26-11-13-30(33(35,36)37)29(18-26)28-5-2-4-24-17-25(32(39)40)10-12-27(24)31(28)23-8-6-21(7-9-23)16-22-19-38(20-22)15-3-14-34/h6-13,16-18H,2-5,14-15,19-20H2,1H3,(H,39,40). The maximum atomic E-state index is 14.3. The molecule has 1 aliphatic heterocycles. The van der Waals surface area contributed by atoms with Gasteiger partial charge in [0.2, 0.25) is 0 Å². The fraction of sp³-hybridized carbons (Fsp3) is 0.303. The summed E-state index contributed by atoms with van der Waals surface area (Å²) in [5.41, 5.74) is 5.17. The Balaban J connectivity index is 1.63. The monoisotopic (exact) mass is 565 g/mol. The third kappa shape index (κ3) is 6.22. The number of alkyl halides is 4. The molecule has 2 aliphatic rings. The number of carboxylic acid groups (broad SMARTS) is 1. The van der Waals surface area contributed by atoms with E-state index in [1.54, 1.807) is 12.1 Å². The molecule has 1 fully saturated rings. The van der Waals surface area contributed by atoms with E-state index < -0.39 is 17.7 Å². The van der Waals surface area contributed by atoms with Crippen LogP contribution < -0.4 is 4.74 Å². The molecule has 0 aromatic heterocycles. The van der Waals surface area contributed by atoms with Gasteiger partial charge in [-0.1, -0.05) is 36.4 Å². The summed E-state index contributed by atoms with van der Waals surface area (Å²) in [4.78, 5) is 13.9. The topological polar surface area (TPSA) is 49.8 Å². The Morgan fingerprint density at radius 2 is 1.76 bits per heavy atom. The number of methoxy groups -OCH3 is 1. The van der Waals surface area contributed by atoms with Crippen LogP contribution in [-0.2, 0) is 12.6 Å². The average Bonchev–Trinajstić information content (AvgIpc) is 3.12. The molecule has 214 valence electrons. The predicted octanol–water partition coefficient (Wildman–Crippen LogP) is 7.77. The third-order valence-electron chi connectivity index (χ3n) is 7.68. The van der Waals surface area contributed by atoms with Crippen LogP contribution in [-0.4, -0.2) is 49.4 Å². The summed E-state index contributed by atoms with van der Waals surface area (Å²) in [6.45, 7) is 2.01. The van der Waals surface area contributed by atoms with Crippen molar-refractivity contribution in [1.82, 2.24) is 4.90 Å². The Kier molecular flexibility index (Phi) is 8.31. The molecular formula is C33H31F4NO3. The van der Waals surface area contributed by atoms with Crippen LogP contribution in [0.2, 0.25) is 0 Å². The second kappa shape index (κ2) is 11.9. The van der Waals surface area contributed by atoms with Crippen LogP contribution in [0.25, 0.3) is 17.2 Å². The lowest BCUT2D eigenvalue weighted by Gasteiger charge is -2.33. The molecule has 0 atom stereocenters. The van der Waals surface area contributed by atoms with Crippen LogP contribution in [0.4, 0.5) is 17.6 Å². The number of carboxylic acids is 1. The number of carbonyl (C=O) groups is 1. The Labute approximate surface area is 236 Å². The molecule has 1 heterocycles. The normalized spacial score (nSPS) is 15.7. The van der Waals surface area contributed by atoms with E-state index >= 15 is 0 Å². The van der Waals surface area contributed by atoms with E-state index in [-0.39, 0.29) is 17.8 Å². The molecule has 0 amide bonds. The van der Waals surface area contributed by atoms with Crippen LogP contribution in [0.15, 0.2) is 66.2 Å². The summed E-state index contributed by atoms with van der Waals surface area (Å²) in [6, 6.07) is 16.4. The number of likely N-dealkylation sites (tertiary alicyclic amines) is 1. The van der Waals surface area contributed by atoms with Gasteiger partial charge in [-0.2, -0.15) is 13.2 Å². The number of aryl methyl sites for hydroxylation is 1. The predicted molar refractivity (Wildman–Crippen MR) is 152 cm³/mol. The first-order chi connectivity index (χ1) is 19.7. The average molecular weight is 566 g/mol. The number of halogens is 4. The Hall–Kier alpha value is -3.91. The highest BCUT2D eigenvalue weighted by atomic mass is 19.4. The molecule has 0 bridgehead atoms. The van der Waals surface area contributed by atoms with Crippen molar-refractivity contribution in [1.29, 1.82) is 0 Å². The first kappa shape index (κ1) is 28.6. The van der Waals surface area contributed by atoms with Crippen LogP contribution in [0.1, 0.15) is 63.0 Å². The van der Waals surface area contributed by atoms with Crippen LogP contribution in [0.5, 0.6) is 5.75 Å².